The van der Waals surface area contributed by atoms with E-state index in [2.05, 4.69) is 193 Å². The first kappa shape index (κ1) is 37.5. The lowest BCUT2D eigenvalue weighted by atomic mass is 9.35. The third kappa shape index (κ3) is 6.56. The van der Waals surface area contributed by atoms with Crippen LogP contribution < -0.4 is 26.3 Å². The lowest BCUT2D eigenvalue weighted by Crippen LogP contribution is -2.62. The molecule has 0 spiro atoms. The summed E-state index contributed by atoms with van der Waals surface area (Å²) in [6, 6.07) is 28.7. The molecule has 0 saturated carbocycles. The van der Waals surface area contributed by atoms with Crippen LogP contribution in [0.3, 0.4) is 0 Å². The van der Waals surface area contributed by atoms with Crippen molar-refractivity contribution in [1.29, 1.82) is 0 Å². The number of rotatable bonds is 2. The third-order valence-corrected chi connectivity index (χ3v) is 12.6. The summed E-state index contributed by atoms with van der Waals surface area (Å²) in [6.07, 6.45) is 0. The number of hydrogen-bond acceptors (Lipinski definition) is 4. The molecule has 0 aliphatic carbocycles. The first-order chi connectivity index (χ1) is 24.3. The fourth-order valence-corrected chi connectivity index (χ4v) is 9.00. The summed E-state index contributed by atoms with van der Waals surface area (Å²) in [4.78, 5) is 10.8. The van der Waals surface area contributed by atoms with Gasteiger partial charge in [-0.05, 0) is 110 Å². The van der Waals surface area contributed by atoms with Crippen molar-refractivity contribution >= 4 is 68.0 Å². The average molecular weight is 722 g/mol. The maximum Gasteiger partial charge on any atom is 0.276 e. The lowest BCUT2D eigenvalue weighted by Gasteiger charge is -2.43. The van der Waals surface area contributed by atoms with Crippen molar-refractivity contribution in [2.45, 2.75) is 138 Å². The van der Waals surface area contributed by atoms with Crippen LogP contribution in [0.1, 0.15) is 137 Å². The molecule has 0 radical (unpaired) electrons. The van der Waals surface area contributed by atoms with E-state index in [4.69, 9.17) is 4.98 Å². The highest BCUT2D eigenvalue weighted by molar-refractivity contribution is 7.19. The fraction of sp³-hybridized carbons (Fsp3) is 0.438. The number of thiazole rings is 1. The van der Waals surface area contributed by atoms with Crippen LogP contribution in [0, 0.1) is 6.92 Å². The highest BCUT2D eigenvalue weighted by Crippen LogP contribution is 2.48. The number of anilines is 6. The second-order valence-electron chi connectivity index (χ2n) is 20.9. The molecule has 4 aromatic carbocycles. The molecule has 0 saturated heterocycles. The second-order valence-corrected chi connectivity index (χ2v) is 21.8. The van der Waals surface area contributed by atoms with Gasteiger partial charge in [0.25, 0.3) is 6.71 Å². The van der Waals surface area contributed by atoms with Crippen molar-refractivity contribution < 1.29 is 0 Å². The molecular formula is C48H60BN3S. The Morgan fingerprint density at radius 2 is 1.00 bits per heavy atom. The molecule has 0 N–H and O–H groups in total. The van der Waals surface area contributed by atoms with Crippen LogP contribution in [-0.4, -0.2) is 11.7 Å². The van der Waals surface area contributed by atoms with E-state index in [0.29, 0.717) is 0 Å². The van der Waals surface area contributed by atoms with Gasteiger partial charge >= 0.3 is 0 Å². The van der Waals surface area contributed by atoms with E-state index < -0.39 is 0 Å². The summed E-state index contributed by atoms with van der Waals surface area (Å²) in [5.41, 5.74) is 16.6. The Kier molecular flexibility index (Phi) is 8.55. The summed E-state index contributed by atoms with van der Waals surface area (Å²) >= 11 is 1.88. The zero-order valence-corrected chi connectivity index (χ0v) is 36.1. The Balaban J connectivity index is 1.60. The first-order valence-electron chi connectivity index (χ1n) is 19.5. The number of benzene rings is 4. The predicted molar refractivity (Wildman–Crippen MR) is 234 cm³/mol. The van der Waals surface area contributed by atoms with Crippen LogP contribution >= 0.6 is 11.3 Å². The molecule has 276 valence electrons. The molecule has 0 fully saturated rings. The Hall–Kier alpha value is -3.83. The third-order valence-electron chi connectivity index (χ3n) is 11.1. The Morgan fingerprint density at radius 1 is 0.491 bits per heavy atom. The summed E-state index contributed by atoms with van der Waals surface area (Å²) in [7, 11) is 0. The van der Waals surface area contributed by atoms with Gasteiger partial charge in [0, 0.05) is 33.9 Å². The van der Waals surface area contributed by atoms with Crippen LogP contribution in [0.5, 0.6) is 0 Å². The molecule has 2 aliphatic heterocycles. The first-order valence-corrected chi connectivity index (χ1v) is 20.3. The molecule has 3 nitrogen and oxygen atoms in total. The largest absolute Gasteiger partial charge is 0.311 e. The van der Waals surface area contributed by atoms with Crippen LogP contribution in [-0.2, 0) is 27.1 Å². The number of aryl methyl sites for hydroxylation is 1. The van der Waals surface area contributed by atoms with Gasteiger partial charge in [-0.3, -0.25) is 4.98 Å². The normalized spacial score (nSPS) is 14.7. The van der Waals surface area contributed by atoms with Gasteiger partial charge in [0.15, 0.2) is 0 Å². The second kappa shape index (κ2) is 12.1. The van der Waals surface area contributed by atoms with Gasteiger partial charge in [-0.25, -0.2) is 0 Å². The zero-order valence-electron chi connectivity index (χ0n) is 35.3. The number of nitrogens with zero attached hydrogens (tertiary/aromatic N) is 3. The summed E-state index contributed by atoms with van der Waals surface area (Å²) in [6.45, 7) is 37.0. The monoisotopic (exact) mass is 721 g/mol. The SMILES string of the molecule is Cc1cc2c3c(c1)N(c1cc(C(C)(C)C)cc(C(C)(C)C)c1)c1sc(C(C)(C)C)nc1B3c1cc(C(C)(C)C)ccc1N2c1ccc(C(C)(C)C)cc1. The van der Waals surface area contributed by atoms with Crippen molar-refractivity contribution in [1.82, 2.24) is 4.98 Å². The summed E-state index contributed by atoms with van der Waals surface area (Å²) in [5, 5.41) is 2.42. The topological polar surface area (TPSA) is 19.4 Å². The van der Waals surface area contributed by atoms with Crippen molar-refractivity contribution in [2.75, 3.05) is 9.80 Å². The molecular weight excluding hydrogens is 661 g/mol. The molecule has 1 aromatic heterocycles. The molecule has 7 rings (SSSR count). The van der Waals surface area contributed by atoms with Gasteiger partial charge in [-0.2, -0.15) is 0 Å². The average Bonchev–Trinajstić information content (AvgIpc) is 3.48. The molecule has 0 bridgehead atoms. The Labute approximate surface area is 325 Å². The van der Waals surface area contributed by atoms with Gasteiger partial charge < -0.3 is 9.80 Å². The molecule has 5 aromatic rings. The molecule has 5 heteroatoms. The minimum absolute atomic E-state index is 0.00350. The molecule has 53 heavy (non-hydrogen) atoms. The molecule has 0 amide bonds. The Morgan fingerprint density at radius 3 is 1.51 bits per heavy atom. The van der Waals surface area contributed by atoms with Crippen molar-refractivity contribution in [3.63, 3.8) is 0 Å². The Bertz CT molecular complexity index is 2190. The number of fused-ring (bicyclic) bond motifs is 4. The van der Waals surface area contributed by atoms with Gasteiger partial charge in [0.1, 0.15) is 5.00 Å². The van der Waals surface area contributed by atoms with Gasteiger partial charge in [0.05, 0.1) is 10.6 Å². The molecule has 2 aliphatic rings. The highest BCUT2D eigenvalue weighted by Gasteiger charge is 2.47. The molecule has 0 atom stereocenters. The standard InChI is InChI=1S/C48H60BN3S/c1-29-23-38-40-39(24-29)52(35-26-32(46(8,9)10)25-33(27-35)47(11,12)13)42-41(50-43(53-42)48(14,15)16)49(40)36-28-31(45(5,6)7)19-22-37(36)51(38)34-20-17-30(18-21-34)44(2,3)4/h17-28H,1-16H3. The van der Waals surface area contributed by atoms with E-state index in [1.54, 1.807) is 0 Å². The van der Waals surface area contributed by atoms with E-state index in [0.717, 1.165) is 0 Å². The van der Waals surface area contributed by atoms with E-state index in [1.807, 2.05) is 11.3 Å². The summed E-state index contributed by atoms with van der Waals surface area (Å²) < 4.78 is 0. The van der Waals surface area contributed by atoms with Gasteiger partial charge in [-0.1, -0.05) is 134 Å². The van der Waals surface area contributed by atoms with Crippen LogP contribution in [0.15, 0.2) is 72.8 Å². The van der Waals surface area contributed by atoms with E-state index in [9.17, 15) is 0 Å². The predicted octanol–water partition coefficient (Wildman–Crippen LogP) is 12.0. The van der Waals surface area contributed by atoms with Gasteiger partial charge in [-0.15, -0.1) is 11.3 Å². The van der Waals surface area contributed by atoms with Crippen molar-refractivity contribution in [3.05, 3.63) is 106 Å². The number of hydrogen-bond donors (Lipinski definition) is 0. The number of aromatic nitrogens is 1. The van der Waals surface area contributed by atoms with E-state index in [1.165, 1.54) is 82.8 Å². The van der Waals surface area contributed by atoms with Gasteiger partial charge in [0.2, 0.25) is 0 Å². The van der Waals surface area contributed by atoms with E-state index in [-0.39, 0.29) is 33.8 Å². The molecule has 0 unspecified atom stereocenters. The lowest BCUT2D eigenvalue weighted by molar-refractivity contribution is 0.569. The highest BCUT2D eigenvalue weighted by atomic mass is 32.1. The maximum atomic E-state index is 5.67. The molecule has 3 heterocycles. The van der Waals surface area contributed by atoms with Crippen LogP contribution in [0.2, 0.25) is 0 Å². The van der Waals surface area contributed by atoms with Crippen LogP contribution in [0.4, 0.5) is 33.4 Å². The fourth-order valence-electron chi connectivity index (χ4n) is 7.80. The zero-order chi connectivity index (χ0) is 38.8. The van der Waals surface area contributed by atoms with Crippen molar-refractivity contribution in [3.8, 4) is 0 Å². The smallest absolute Gasteiger partial charge is 0.276 e. The quantitative estimate of drug-likeness (QED) is 0.166. The minimum Gasteiger partial charge on any atom is -0.311 e. The summed E-state index contributed by atoms with van der Waals surface area (Å²) in [5.74, 6) is 0. The van der Waals surface area contributed by atoms with E-state index >= 15 is 0 Å². The van der Waals surface area contributed by atoms with Crippen LogP contribution in [0.25, 0.3) is 0 Å². The van der Waals surface area contributed by atoms with Crippen molar-refractivity contribution in [2.24, 2.45) is 0 Å². The maximum absolute atomic E-state index is 5.67. The minimum atomic E-state index is -0.0893.